The summed E-state index contributed by atoms with van der Waals surface area (Å²) < 4.78 is 0. The van der Waals surface area contributed by atoms with Crippen LogP contribution in [0.2, 0.25) is 0 Å². The van der Waals surface area contributed by atoms with Crippen molar-refractivity contribution in [2.75, 3.05) is 0 Å². The maximum Gasteiger partial charge on any atom is 0.0165 e. The van der Waals surface area contributed by atoms with Gasteiger partial charge < -0.3 is 0 Å². The lowest BCUT2D eigenvalue weighted by atomic mass is 9.78. The van der Waals surface area contributed by atoms with Crippen molar-refractivity contribution >= 4 is 64.6 Å². The molecule has 0 nitrogen and oxygen atoms in total. The molecule has 0 bridgehead atoms. The van der Waals surface area contributed by atoms with Gasteiger partial charge in [-0.3, -0.25) is 0 Å². The minimum absolute atomic E-state index is 0.153. The van der Waals surface area contributed by atoms with Gasteiger partial charge in [0.2, 0.25) is 0 Å². The SMILES string of the molecule is CC1(C)c2cc3ccccc3cc2-c2c1c1ccc(-c3c4ccccc4c(-c4cccc(-c5cccc6ccccc56)c4)c4ccccc34)cc1c1ccccc21. The van der Waals surface area contributed by atoms with Crippen molar-refractivity contribution in [3.05, 3.63) is 205 Å². The first-order chi connectivity index (χ1) is 28.0. The Balaban J connectivity index is 1.11. The summed E-state index contributed by atoms with van der Waals surface area (Å²) in [6.07, 6.45) is 0. The summed E-state index contributed by atoms with van der Waals surface area (Å²) in [6.45, 7) is 4.84. The van der Waals surface area contributed by atoms with Crippen LogP contribution in [-0.2, 0) is 5.41 Å². The van der Waals surface area contributed by atoms with Crippen molar-refractivity contribution < 1.29 is 0 Å². The fraction of sp³-hybridized carbons (Fsp3) is 0.0526. The number of fused-ring (bicyclic) bond motifs is 12. The van der Waals surface area contributed by atoms with E-state index in [0.717, 1.165) is 0 Å². The lowest BCUT2D eigenvalue weighted by Crippen LogP contribution is -2.15. The lowest BCUT2D eigenvalue weighted by Gasteiger charge is -2.25. The van der Waals surface area contributed by atoms with Crippen molar-refractivity contribution in [3.63, 3.8) is 0 Å². The molecule has 0 atom stereocenters. The van der Waals surface area contributed by atoms with Gasteiger partial charge >= 0.3 is 0 Å². The Kier molecular flexibility index (Phi) is 6.78. The van der Waals surface area contributed by atoms with Gasteiger partial charge in [-0.1, -0.05) is 184 Å². The third kappa shape index (κ3) is 4.62. The molecule has 0 N–H and O–H groups in total. The van der Waals surface area contributed by atoms with E-state index in [1.54, 1.807) is 0 Å². The average molecular weight is 723 g/mol. The molecule has 0 saturated heterocycles. The Morgan fingerprint density at radius 2 is 0.772 bits per heavy atom. The molecule has 0 aromatic heterocycles. The molecule has 0 aliphatic heterocycles. The van der Waals surface area contributed by atoms with Gasteiger partial charge in [0.05, 0.1) is 0 Å². The predicted molar refractivity (Wildman–Crippen MR) is 245 cm³/mol. The molecule has 0 unspecified atom stereocenters. The molecule has 12 rings (SSSR count). The van der Waals surface area contributed by atoms with Crippen LogP contribution < -0.4 is 0 Å². The van der Waals surface area contributed by atoms with Crippen LogP contribution in [0.3, 0.4) is 0 Å². The lowest BCUT2D eigenvalue weighted by molar-refractivity contribution is 0.667. The highest BCUT2D eigenvalue weighted by Crippen LogP contribution is 2.56. The Bertz CT molecular complexity index is 3430. The fourth-order valence-electron chi connectivity index (χ4n) is 10.4. The maximum atomic E-state index is 2.49. The summed E-state index contributed by atoms with van der Waals surface area (Å²) >= 11 is 0. The van der Waals surface area contributed by atoms with Crippen LogP contribution in [0, 0.1) is 0 Å². The standard InChI is InChI=1S/C57H38/c1-57(2)52-34-37-17-4-3-16-36(37)32-51(52)55-44-23-8-7-22-43(44)50-33-40(29-30-49(50)56(55)57)54-47-26-11-9-24-45(47)53(46-25-10-12-27-48(46)54)39-20-13-19-38(31-39)42-28-14-18-35-15-5-6-21-41(35)42/h3-34H,1-2H3. The van der Waals surface area contributed by atoms with Crippen LogP contribution in [-0.4, -0.2) is 0 Å². The molecule has 266 valence electrons. The first-order valence-electron chi connectivity index (χ1n) is 20.1. The molecule has 0 radical (unpaired) electrons. The first kappa shape index (κ1) is 32.2. The number of benzene rings is 11. The van der Waals surface area contributed by atoms with Gasteiger partial charge in [0, 0.05) is 5.41 Å². The monoisotopic (exact) mass is 722 g/mol. The molecule has 11 aromatic carbocycles. The van der Waals surface area contributed by atoms with E-state index >= 15 is 0 Å². The minimum atomic E-state index is -0.153. The van der Waals surface area contributed by atoms with Gasteiger partial charge in [-0.05, 0) is 145 Å². The zero-order chi connectivity index (χ0) is 37.8. The van der Waals surface area contributed by atoms with Gasteiger partial charge in [0.1, 0.15) is 0 Å². The molecule has 0 saturated carbocycles. The normalized spacial score (nSPS) is 13.2. The number of hydrogen-bond acceptors (Lipinski definition) is 0. The van der Waals surface area contributed by atoms with Gasteiger partial charge in [-0.15, -0.1) is 0 Å². The quantitative estimate of drug-likeness (QED) is 0.126. The summed E-state index contributed by atoms with van der Waals surface area (Å²) in [5.74, 6) is 0. The van der Waals surface area contributed by atoms with Crippen molar-refractivity contribution in [3.8, 4) is 44.5 Å². The second-order valence-electron chi connectivity index (χ2n) is 16.4. The van der Waals surface area contributed by atoms with E-state index in [2.05, 4.69) is 208 Å². The van der Waals surface area contributed by atoms with E-state index in [0.29, 0.717) is 0 Å². The average Bonchev–Trinajstić information content (AvgIpc) is 3.49. The second-order valence-corrected chi connectivity index (χ2v) is 16.4. The summed E-state index contributed by atoms with van der Waals surface area (Å²) in [5, 5.41) is 15.5. The highest BCUT2D eigenvalue weighted by atomic mass is 14.4. The van der Waals surface area contributed by atoms with Crippen LogP contribution in [0.5, 0.6) is 0 Å². The molecule has 11 aromatic rings. The summed E-state index contributed by atoms with van der Waals surface area (Å²) in [4.78, 5) is 0. The molecular formula is C57H38. The molecule has 0 heteroatoms. The van der Waals surface area contributed by atoms with Crippen LogP contribution in [0.4, 0.5) is 0 Å². The van der Waals surface area contributed by atoms with Gasteiger partial charge in [0.15, 0.2) is 0 Å². The van der Waals surface area contributed by atoms with Gasteiger partial charge in [-0.2, -0.15) is 0 Å². The largest absolute Gasteiger partial charge is 0.0616 e. The number of hydrogen-bond donors (Lipinski definition) is 0. The van der Waals surface area contributed by atoms with Crippen molar-refractivity contribution in [1.29, 1.82) is 0 Å². The Morgan fingerprint density at radius 3 is 1.44 bits per heavy atom. The molecule has 57 heavy (non-hydrogen) atoms. The fourth-order valence-corrected chi connectivity index (χ4v) is 10.4. The van der Waals surface area contributed by atoms with Crippen LogP contribution >= 0.6 is 0 Å². The highest BCUT2D eigenvalue weighted by Gasteiger charge is 2.38. The Hall–Kier alpha value is -7.02. The van der Waals surface area contributed by atoms with E-state index in [9.17, 15) is 0 Å². The van der Waals surface area contributed by atoms with Crippen LogP contribution in [0.25, 0.3) is 109 Å². The van der Waals surface area contributed by atoms with Gasteiger partial charge in [0.25, 0.3) is 0 Å². The molecule has 0 amide bonds. The molecule has 1 aliphatic rings. The van der Waals surface area contributed by atoms with E-state index < -0.39 is 0 Å². The number of rotatable bonds is 3. The zero-order valence-electron chi connectivity index (χ0n) is 32.0. The third-order valence-corrected chi connectivity index (χ3v) is 13.0. The smallest absolute Gasteiger partial charge is 0.0165 e. The van der Waals surface area contributed by atoms with E-state index in [1.165, 1.54) is 120 Å². The van der Waals surface area contributed by atoms with E-state index in [-0.39, 0.29) is 5.41 Å². The van der Waals surface area contributed by atoms with Crippen molar-refractivity contribution in [2.45, 2.75) is 19.3 Å². The summed E-state index contributed by atoms with van der Waals surface area (Å²) in [5.41, 5.74) is 13.0. The summed E-state index contributed by atoms with van der Waals surface area (Å²) in [7, 11) is 0. The molecule has 0 heterocycles. The summed E-state index contributed by atoms with van der Waals surface area (Å²) in [6, 6.07) is 72.6. The molecular weight excluding hydrogens is 685 g/mol. The topological polar surface area (TPSA) is 0 Å². The highest BCUT2D eigenvalue weighted by molar-refractivity contribution is 6.24. The minimum Gasteiger partial charge on any atom is -0.0616 e. The zero-order valence-corrected chi connectivity index (χ0v) is 32.0. The molecule has 0 fully saturated rings. The first-order valence-corrected chi connectivity index (χ1v) is 20.1. The van der Waals surface area contributed by atoms with E-state index in [1.807, 2.05) is 0 Å². The second kappa shape index (κ2) is 12.0. The maximum absolute atomic E-state index is 2.49. The Morgan fingerprint density at radius 1 is 0.281 bits per heavy atom. The van der Waals surface area contributed by atoms with Crippen molar-refractivity contribution in [2.24, 2.45) is 0 Å². The van der Waals surface area contributed by atoms with E-state index in [4.69, 9.17) is 0 Å². The Labute approximate surface area is 332 Å². The van der Waals surface area contributed by atoms with Crippen LogP contribution in [0.15, 0.2) is 194 Å². The van der Waals surface area contributed by atoms with Crippen LogP contribution in [0.1, 0.15) is 25.0 Å². The third-order valence-electron chi connectivity index (χ3n) is 13.0. The van der Waals surface area contributed by atoms with Gasteiger partial charge in [-0.25, -0.2) is 0 Å². The molecule has 0 spiro atoms. The van der Waals surface area contributed by atoms with Crippen molar-refractivity contribution in [1.82, 2.24) is 0 Å². The molecule has 1 aliphatic carbocycles. The predicted octanol–water partition coefficient (Wildman–Crippen LogP) is 15.9.